The van der Waals surface area contributed by atoms with Gasteiger partial charge >= 0.3 is 0 Å². The number of hydrogen-bond acceptors (Lipinski definition) is 2. The fourth-order valence-corrected chi connectivity index (χ4v) is 1.44. The first kappa shape index (κ1) is 9.62. The van der Waals surface area contributed by atoms with Crippen LogP contribution < -0.4 is 0 Å². The lowest BCUT2D eigenvalue weighted by Gasteiger charge is -2.07. The van der Waals surface area contributed by atoms with Gasteiger partial charge in [0.05, 0.1) is 6.61 Å². The van der Waals surface area contributed by atoms with Crippen molar-refractivity contribution in [3.63, 3.8) is 0 Å². The molecule has 1 radical (unpaired) electrons. The molecular formula is C10H13OS. The number of aliphatic hydroxyl groups is 1. The van der Waals surface area contributed by atoms with Crippen LogP contribution in [0.4, 0.5) is 0 Å². The van der Waals surface area contributed by atoms with E-state index in [2.05, 4.69) is 12.1 Å². The Morgan fingerprint density at radius 1 is 1.50 bits per heavy atom. The lowest BCUT2D eigenvalue weighted by molar-refractivity contribution is 0.315. The van der Waals surface area contributed by atoms with Crippen LogP contribution in [0.15, 0.2) is 29.2 Å². The molecule has 1 nitrogen and oxygen atoms in total. The number of rotatable bonds is 3. The van der Waals surface area contributed by atoms with Crippen LogP contribution in [0.3, 0.4) is 0 Å². The summed E-state index contributed by atoms with van der Waals surface area (Å²) in [6.07, 6.45) is 2.05. The van der Waals surface area contributed by atoms with E-state index in [0.717, 1.165) is 11.5 Å². The summed E-state index contributed by atoms with van der Waals surface area (Å²) < 4.78 is 0. The van der Waals surface area contributed by atoms with Gasteiger partial charge in [-0.05, 0) is 24.0 Å². The third-order valence-corrected chi connectivity index (χ3v) is 2.53. The van der Waals surface area contributed by atoms with E-state index in [0.29, 0.717) is 0 Å². The normalized spacial score (nSPS) is 10.7. The Balaban J connectivity index is 2.86. The van der Waals surface area contributed by atoms with E-state index in [9.17, 15) is 0 Å². The van der Waals surface area contributed by atoms with Crippen molar-refractivity contribution in [3.05, 3.63) is 35.7 Å². The summed E-state index contributed by atoms with van der Waals surface area (Å²) >= 11 is 1.72. The smallest absolute Gasteiger partial charge is 0.0534 e. The minimum absolute atomic E-state index is 0.137. The molecule has 0 spiro atoms. The standard InChI is InChI=1S/C10H13OS/c1-8(7-11)9-4-3-5-10(6-9)12-2/h3-6,11H,7H2,1-2H3. The number of hydrogen-bond donors (Lipinski definition) is 1. The summed E-state index contributed by atoms with van der Waals surface area (Å²) in [5, 5.41) is 8.91. The van der Waals surface area contributed by atoms with E-state index in [1.807, 2.05) is 25.3 Å². The van der Waals surface area contributed by atoms with Gasteiger partial charge in [0, 0.05) is 10.8 Å². The molecule has 0 aliphatic carbocycles. The second-order valence-corrected chi connectivity index (χ2v) is 3.55. The van der Waals surface area contributed by atoms with E-state index < -0.39 is 0 Å². The van der Waals surface area contributed by atoms with Crippen molar-refractivity contribution in [1.29, 1.82) is 0 Å². The number of aliphatic hydroxyl groups excluding tert-OH is 1. The van der Waals surface area contributed by atoms with Crippen molar-refractivity contribution >= 4 is 11.8 Å². The molecule has 0 aliphatic heterocycles. The Bertz CT molecular complexity index is 247. The summed E-state index contributed by atoms with van der Waals surface area (Å²) in [5.41, 5.74) is 1.13. The van der Waals surface area contributed by atoms with Crippen molar-refractivity contribution in [3.8, 4) is 0 Å². The average Bonchev–Trinajstić information content (AvgIpc) is 2.17. The van der Waals surface area contributed by atoms with Crippen molar-refractivity contribution in [2.75, 3.05) is 12.9 Å². The molecule has 1 aromatic rings. The molecule has 0 unspecified atom stereocenters. The van der Waals surface area contributed by atoms with Crippen LogP contribution in [-0.2, 0) is 0 Å². The van der Waals surface area contributed by atoms with Crippen molar-refractivity contribution in [2.24, 2.45) is 0 Å². The predicted octanol–water partition coefficient (Wildman–Crippen LogP) is 2.34. The summed E-state index contributed by atoms with van der Waals surface area (Å²) in [6.45, 7) is 2.08. The first-order chi connectivity index (χ1) is 5.77. The average molecular weight is 181 g/mol. The molecule has 2 heteroatoms. The van der Waals surface area contributed by atoms with Crippen LogP contribution in [0, 0.1) is 5.92 Å². The third kappa shape index (κ3) is 2.26. The molecular weight excluding hydrogens is 168 g/mol. The summed E-state index contributed by atoms with van der Waals surface area (Å²) in [7, 11) is 0. The van der Waals surface area contributed by atoms with Crippen molar-refractivity contribution < 1.29 is 5.11 Å². The molecule has 0 aromatic heterocycles. The lowest BCUT2D eigenvalue weighted by atomic mass is 10.0. The largest absolute Gasteiger partial charge is 0.395 e. The van der Waals surface area contributed by atoms with Gasteiger partial charge in [0.25, 0.3) is 0 Å². The SMILES string of the molecule is CSc1cccc([C](C)CO)c1. The molecule has 0 saturated heterocycles. The number of thioether (sulfide) groups is 1. The first-order valence-electron chi connectivity index (χ1n) is 3.85. The van der Waals surface area contributed by atoms with Gasteiger partial charge in [0.15, 0.2) is 0 Å². The number of benzene rings is 1. The van der Waals surface area contributed by atoms with Crippen LogP contribution in [-0.4, -0.2) is 18.0 Å². The maximum absolute atomic E-state index is 8.91. The first-order valence-corrected chi connectivity index (χ1v) is 5.08. The van der Waals surface area contributed by atoms with Crippen LogP contribution >= 0.6 is 11.8 Å². The predicted molar refractivity (Wildman–Crippen MR) is 53.3 cm³/mol. The third-order valence-electron chi connectivity index (χ3n) is 1.80. The summed E-state index contributed by atoms with van der Waals surface area (Å²) in [5.74, 6) is 1.02. The van der Waals surface area contributed by atoms with Gasteiger partial charge in [-0.3, -0.25) is 0 Å². The Morgan fingerprint density at radius 2 is 2.25 bits per heavy atom. The second-order valence-electron chi connectivity index (χ2n) is 2.67. The van der Waals surface area contributed by atoms with Crippen molar-refractivity contribution in [1.82, 2.24) is 0 Å². The fraction of sp³-hybridized carbons (Fsp3) is 0.300. The van der Waals surface area contributed by atoms with Gasteiger partial charge in [-0.25, -0.2) is 0 Å². The monoisotopic (exact) mass is 181 g/mol. The Morgan fingerprint density at radius 3 is 2.83 bits per heavy atom. The fourth-order valence-electron chi connectivity index (χ4n) is 0.980. The molecule has 0 amide bonds. The Kier molecular flexibility index (Phi) is 3.63. The van der Waals surface area contributed by atoms with E-state index in [4.69, 9.17) is 5.11 Å². The lowest BCUT2D eigenvalue weighted by Crippen LogP contribution is -1.99. The van der Waals surface area contributed by atoms with Crippen LogP contribution in [0.25, 0.3) is 0 Å². The quantitative estimate of drug-likeness (QED) is 0.722. The summed E-state index contributed by atoms with van der Waals surface area (Å²) in [6, 6.07) is 8.20. The van der Waals surface area contributed by atoms with Crippen LogP contribution in [0.1, 0.15) is 12.5 Å². The van der Waals surface area contributed by atoms with E-state index in [-0.39, 0.29) is 6.61 Å². The van der Waals surface area contributed by atoms with E-state index in [1.54, 1.807) is 11.8 Å². The molecule has 0 fully saturated rings. The molecule has 1 aromatic carbocycles. The van der Waals surface area contributed by atoms with Gasteiger partial charge in [-0.1, -0.05) is 19.1 Å². The molecule has 0 atom stereocenters. The van der Waals surface area contributed by atoms with Crippen LogP contribution in [0.2, 0.25) is 0 Å². The zero-order valence-corrected chi connectivity index (χ0v) is 8.19. The molecule has 0 saturated carbocycles. The molecule has 1 N–H and O–H groups in total. The van der Waals surface area contributed by atoms with Crippen LogP contribution in [0.5, 0.6) is 0 Å². The van der Waals surface area contributed by atoms with Gasteiger partial charge in [0.2, 0.25) is 0 Å². The highest BCUT2D eigenvalue weighted by atomic mass is 32.2. The minimum Gasteiger partial charge on any atom is -0.395 e. The minimum atomic E-state index is 0.137. The molecule has 0 aliphatic rings. The van der Waals surface area contributed by atoms with E-state index >= 15 is 0 Å². The highest BCUT2D eigenvalue weighted by Gasteiger charge is 2.03. The zero-order chi connectivity index (χ0) is 8.97. The van der Waals surface area contributed by atoms with Gasteiger partial charge < -0.3 is 5.11 Å². The topological polar surface area (TPSA) is 20.2 Å². The van der Waals surface area contributed by atoms with Gasteiger partial charge in [-0.2, -0.15) is 0 Å². The Labute approximate surface area is 77.8 Å². The molecule has 0 bridgehead atoms. The summed E-state index contributed by atoms with van der Waals surface area (Å²) in [4.78, 5) is 1.24. The molecule has 12 heavy (non-hydrogen) atoms. The molecule has 1 rings (SSSR count). The van der Waals surface area contributed by atoms with Crippen molar-refractivity contribution in [2.45, 2.75) is 11.8 Å². The maximum atomic E-state index is 8.91. The highest BCUT2D eigenvalue weighted by molar-refractivity contribution is 7.98. The van der Waals surface area contributed by atoms with Gasteiger partial charge in [0.1, 0.15) is 0 Å². The highest BCUT2D eigenvalue weighted by Crippen LogP contribution is 2.20. The van der Waals surface area contributed by atoms with E-state index in [1.165, 1.54) is 4.90 Å². The Hall–Kier alpha value is -0.470. The second kappa shape index (κ2) is 4.53. The molecule has 0 heterocycles. The maximum Gasteiger partial charge on any atom is 0.0534 e. The zero-order valence-electron chi connectivity index (χ0n) is 7.37. The molecule has 65 valence electrons. The van der Waals surface area contributed by atoms with Gasteiger partial charge in [-0.15, -0.1) is 11.8 Å².